The Morgan fingerprint density at radius 2 is 1.88 bits per heavy atom. The van der Waals surface area contributed by atoms with E-state index in [0.717, 1.165) is 30.8 Å². The molecule has 0 bridgehead atoms. The Hall–Kier alpha value is -0.960. The Labute approximate surface area is 106 Å². The Morgan fingerprint density at radius 1 is 1.12 bits per heavy atom. The Kier molecular flexibility index (Phi) is 2.66. The molecule has 1 aliphatic carbocycles. The van der Waals surface area contributed by atoms with Crippen LogP contribution < -0.4 is 10.6 Å². The number of fused-ring (bicyclic) bond motifs is 1. The van der Waals surface area contributed by atoms with Gasteiger partial charge < -0.3 is 10.6 Å². The fourth-order valence-electron chi connectivity index (χ4n) is 2.92. The van der Waals surface area contributed by atoms with E-state index >= 15 is 0 Å². The highest BCUT2D eigenvalue weighted by atomic mass is 35.5. The molecule has 17 heavy (non-hydrogen) atoms. The third-order valence-electron chi connectivity index (χ3n) is 3.89. The average molecular weight is 255 g/mol. The maximum absolute atomic E-state index is 13.5. The number of hydrogen-bond donors (Lipinski definition) is 2. The monoisotopic (exact) mass is 254 g/mol. The van der Waals surface area contributed by atoms with E-state index in [2.05, 4.69) is 10.6 Å². The SMILES string of the molecule is Fc1cc2c(cc1Cl)NCC1(CCCCC1)N2. The molecule has 0 aromatic heterocycles. The Balaban J connectivity index is 1.91. The van der Waals surface area contributed by atoms with Crippen LogP contribution in [-0.4, -0.2) is 12.1 Å². The second-order valence-corrected chi connectivity index (χ2v) is 5.54. The molecule has 2 aliphatic rings. The molecule has 2 N–H and O–H groups in total. The van der Waals surface area contributed by atoms with Crippen LogP contribution in [-0.2, 0) is 0 Å². The molecule has 1 saturated carbocycles. The summed E-state index contributed by atoms with van der Waals surface area (Å²) in [6.07, 6.45) is 6.12. The van der Waals surface area contributed by atoms with Crippen LogP contribution in [0.25, 0.3) is 0 Å². The van der Waals surface area contributed by atoms with Gasteiger partial charge in [-0.05, 0) is 18.9 Å². The average Bonchev–Trinajstić information content (AvgIpc) is 2.33. The number of benzene rings is 1. The van der Waals surface area contributed by atoms with Crippen molar-refractivity contribution >= 4 is 23.0 Å². The van der Waals surface area contributed by atoms with Gasteiger partial charge >= 0.3 is 0 Å². The fraction of sp³-hybridized carbons (Fsp3) is 0.538. The zero-order valence-electron chi connectivity index (χ0n) is 9.65. The van der Waals surface area contributed by atoms with Gasteiger partial charge in [0.05, 0.1) is 21.9 Å². The first-order valence-electron chi connectivity index (χ1n) is 6.20. The smallest absolute Gasteiger partial charge is 0.143 e. The molecule has 3 rings (SSSR count). The molecular formula is C13H16ClFN2. The summed E-state index contributed by atoms with van der Waals surface area (Å²) in [6.45, 7) is 0.905. The van der Waals surface area contributed by atoms with Crippen LogP contribution in [0.2, 0.25) is 5.02 Å². The molecule has 2 nitrogen and oxygen atoms in total. The van der Waals surface area contributed by atoms with E-state index in [1.165, 1.54) is 25.3 Å². The molecular weight excluding hydrogens is 239 g/mol. The van der Waals surface area contributed by atoms with Crippen molar-refractivity contribution in [2.24, 2.45) is 0 Å². The van der Waals surface area contributed by atoms with Crippen LogP contribution in [0.5, 0.6) is 0 Å². The van der Waals surface area contributed by atoms with Crippen molar-refractivity contribution in [3.8, 4) is 0 Å². The van der Waals surface area contributed by atoms with E-state index in [9.17, 15) is 4.39 Å². The first-order chi connectivity index (χ1) is 8.19. The third kappa shape index (κ3) is 1.97. The largest absolute Gasteiger partial charge is 0.381 e. The topological polar surface area (TPSA) is 24.1 Å². The summed E-state index contributed by atoms with van der Waals surface area (Å²) in [5.74, 6) is -0.354. The molecule has 0 atom stereocenters. The predicted octanol–water partition coefficient (Wildman–Crippen LogP) is 4.02. The molecule has 4 heteroatoms. The van der Waals surface area contributed by atoms with E-state index in [4.69, 9.17) is 11.6 Å². The minimum absolute atomic E-state index is 0.117. The van der Waals surface area contributed by atoms with Crippen LogP contribution >= 0.6 is 11.6 Å². The van der Waals surface area contributed by atoms with Crippen LogP contribution in [0.4, 0.5) is 15.8 Å². The van der Waals surface area contributed by atoms with E-state index in [-0.39, 0.29) is 16.4 Å². The lowest BCUT2D eigenvalue weighted by atomic mass is 9.80. The van der Waals surface area contributed by atoms with E-state index in [1.54, 1.807) is 6.07 Å². The molecule has 1 fully saturated rings. The molecule has 0 radical (unpaired) electrons. The molecule has 1 aliphatic heterocycles. The molecule has 1 spiro atoms. The maximum atomic E-state index is 13.5. The van der Waals surface area contributed by atoms with Crippen molar-refractivity contribution in [1.82, 2.24) is 0 Å². The predicted molar refractivity (Wildman–Crippen MR) is 69.3 cm³/mol. The Morgan fingerprint density at radius 3 is 2.65 bits per heavy atom. The van der Waals surface area contributed by atoms with Crippen molar-refractivity contribution < 1.29 is 4.39 Å². The van der Waals surface area contributed by atoms with Gasteiger partial charge in [-0.25, -0.2) is 4.39 Å². The van der Waals surface area contributed by atoms with E-state index < -0.39 is 0 Å². The summed E-state index contributed by atoms with van der Waals surface area (Å²) >= 11 is 5.78. The molecule has 0 unspecified atom stereocenters. The van der Waals surface area contributed by atoms with Gasteiger partial charge in [0.25, 0.3) is 0 Å². The quantitative estimate of drug-likeness (QED) is 0.731. The van der Waals surface area contributed by atoms with Crippen molar-refractivity contribution in [3.63, 3.8) is 0 Å². The van der Waals surface area contributed by atoms with Crippen molar-refractivity contribution in [3.05, 3.63) is 23.0 Å². The summed E-state index contributed by atoms with van der Waals surface area (Å²) in [6, 6.07) is 3.16. The van der Waals surface area contributed by atoms with Crippen LogP contribution in [0.15, 0.2) is 12.1 Å². The zero-order chi connectivity index (χ0) is 11.9. The lowest BCUT2D eigenvalue weighted by molar-refractivity contribution is 0.334. The molecule has 0 saturated heterocycles. The fourth-order valence-corrected chi connectivity index (χ4v) is 3.08. The van der Waals surface area contributed by atoms with Crippen LogP contribution in [0, 0.1) is 5.82 Å². The first-order valence-corrected chi connectivity index (χ1v) is 6.57. The van der Waals surface area contributed by atoms with Crippen LogP contribution in [0.3, 0.4) is 0 Å². The molecule has 1 aromatic carbocycles. The second-order valence-electron chi connectivity index (χ2n) is 5.13. The lowest BCUT2D eigenvalue weighted by Crippen LogP contribution is -2.49. The van der Waals surface area contributed by atoms with Crippen molar-refractivity contribution in [2.45, 2.75) is 37.6 Å². The Bertz CT molecular complexity index is 441. The number of nitrogens with one attached hydrogen (secondary N) is 2. The van der Waals surface area contributed by atoms with Gasteiger partial charge in [-0.3, -0.25) is 0 Å². The van der Waals surface area contributed by atoms with Gasteiger partial charge in [0, 0.05) is 12.6 Å². The standard InChI is InChI=1S/C13H16ClFN2/c14-9-6-11-12(7-10(9)15)17-13(8-16-11)4-2-1-3-5-13/h6-7,16-17H,1-5,8H2. The summed E-state index contributed by atoms with van der Waals surface area (Å²) < 4.78 is 13.5. The number of anilines is 2. The van der Waals surface area contributed by atoms with Gasteiger partial charge in [-0.15, -0.1) is 0 Å². The van der Waals surface area contributed by atoms with Gasteiger partial charge in [0.15, 0.2) is 0 Å². The first kappa shape index (κ1) is 11.1. The minimum Gasteiger partial charge on any atom is -0.381 e. The highest BCUT2D eigenvalue weighted by molar-refractivity contribution is 6.31. The van der Waals surface area contributed by atoms with Gasteiger partial charge in [0.2, 0.25) is 0 Å². The molecule has 92 valence electrons. The molecule has 0 amide bonds. The summed E-state index contributed by atoms with van der Waals surface area (Å²) in [5, 5.41) is 7.08. The van der Waals surface area contributed by atoms with Crippen molar-refractivity contribution in [2.75, 3.05) is 17.2 Å². The number of hydrogen-bond acceptors (Lipinski definition) is 2. The normalized spacial score (nSPS) is 21.5. The highest BCUT2D eigenvalue weighted by Crippen LogP contribution is 2.39. The van der Waals surface area contributed by atoms with E-state index in [0.29, 0.717) is 0 Å². The summed E-state index contributed by atoms with van der Waals surface area (Å²) in [7, 11) is 0. The summed E-state index contributed by atoms with van der Waals surface area (Å²) in [5.41, 5.74) is 1.87. The lowest BCUT2D eigenvalue weighted by Gasteiger charge is -2.43. The minimum atomic E-state index is -0.354. The van der Waals surface area contributed by atoms with Crippen LogP contribution in [0.1, 0.15) is 32.1 Å². The second kappa shape index (κ2) is 4.05. The van der Waals surface area contributed by atoms with Gasteiger partial charge in [-0.2, -0.15) is 0 Å². The van der Waals surface area contributed by atoms with Crippen molar-refractivity contribution in [1.29, 1.82) is 0 Å². The van der Waals surface area contributed by atoms with Gasteiger partial charge in [-0.1, -0.05) is 30.9 Å². The zero-order valence-corrected chi connectivity index (χ0v) is 10.4. The third-order valence-corrected chi connectivity index (χ3v) is 4.18. The number of halogens is 2. The highest BCUT2D eigenvalue weighted by Gasteiger charge is 2.35. The summed E-state index contributed by atoms with van der Waals surface area (Å²) in [4.78, 5) is 0. The van der Waals surface area contributed by atoms with Gasteiger partial charge in [0.1, 0.15) is 5.82 Å². The molecule has 1 heterocycles. The number of rotatable bonds is 0. The molecule has 1 aromatic rings. The maximum Gasteiger partial charge on any atom is 0.143 e. The van der Waals surface area contributed by atoms with E-state index in [1.807, 2.05) is 0 Å².